The van der Waals surface area contributed by atoms with Gasteiger partial charge >= 0.3 is 0 Å². The van der Waals surface area contributed by atoms with Gasteiger partial charge in [-0.3, -0.25) is 4.79 Å². The first-order chi connectivity index (χ1) is 10.7. The molecule has 1 aromatic carbocycles. The van der Waals surface area contributed by atoms with Crippen LogP contribution in [0.1, 0.15) is 12.5 Å². The third kappa shape index (κ3) is 4.59. The highest BCUT2D eigenvalue weighted by Gasteiger charge is 2.29. The lowest BCUT2D eigenvalue weighted by Crippen LogP contribution is -2.53. The zero-order valence-electron chi connectivity index (χ0n) is 13.5. The molecule has 0 aromatic heterocycles. The van der Waals surface area contributed by atoms with Crippen LogP contribution in [-0.4, -0.2) is 62.1 Å². The van der Waals surface area contributed by atoms with Crippen LogP contribution in [0.4, 0.5) is 0 Å². The molecule has 0 radical (unpaired) electrons. The Balaban J connectivity index is 1.97. The Morgan fingerprint density at radius 1 is 1.26 bits per heavy atom. The second kappa shape index (κ2) is 7.07. The highest BCUT2D eigenvalue weighted by Crippen LogP contribution is 2.26. The van der Waals surface area contributed by atoms with Crippen molar-refractivity contribution >= 4 is 27.5 Å². The van der Waals surface area contributed by atoms with Crippen molar-refractivity contribution in [2.45, 2.75) is 20.0 Å². The second-order valence-electron chi connectivity index (χ2n) is 5.68. The molecule has 1 amide bonds. The summed E-state index contributed by atoms with van der Waals surface area (Å²) < 4.78 is 30.0. The fourth-order valence-electron chi connectivity index (χ4n) is 2.44. The lowest BCUT2D eigenvalue weighted by molar-refractivity contribution is -0.139. The zero-order chi connectivity index (χ0) is 17.2. The van der Waals surface area contributed by atoms with Crippen LogP contribution in [0, 0.1) is 6.92 Å². The number of aryl methyl sites for hydroxylation is 1. The van der Waals surface area contributed by atoms with E-state index in [0.717, 1.165) is 5.56 Å². The number of amides is 1. The molecule has 0 saturated carbocycles. The number of hydrogen-bond donors (Lipinski definition) is 0. The molecule has 0 aliphatic carbocycles. The van der Waals surface area contributed by atoms with E-state index in [9.17, 15) is 13.2 Å². The number of halogens is 1. The summed E-state index contributed by atoms with van der Waals surface area (Å²) in [5.74, 6) is 0.304. The first-order valence-corrected chi connectivity index (χ1v) is 9.58. The molecule has 0 N–H and O–H groups in total. The molecule has 1 heterocycles. The van der Waals surface area contributed by atoms with Gasteiger partial charge in [-0.15, -0.1) is 0 Å². The van der Waals surface area contributed by atoms with Gasteiger partial charge in [0.15, 0.2) is 6.10 Å². The van der Waals surface area contributed by atoms with E-state index < -0.39 is 16.1 Å². The van der Waals surface area contributed by atoms with Crippen LogP contribution in [-0.2, 0) is 14.8 Å². The average Bonchev–Trinajstić information content (AvgIpc) is 2.49. The van der Waals surface area contributed by atoms with Gasteiger partial charge in [0.2, 0.25) is 10.0 Å². The Hall–Kier alpha value is -1.31. The van der Waals surface area contributed by atoms with Crippen LogP contribution in [0.3, 0.4) is 0 Å². The van der Waals surface area contributed by atoms with Crippen molar-refractivity contribution in [1.29, 1.82) is 0 Å². The van der Waals surface area contributed by atoms with E-state index in [-0.39, 0.29) is 5.91 Å². The Morgan fingerprint density at radius 2 is 1.87 bits per heavy atom. The van der Waals surface area contributed by atoms with Gasteiger partial charge in [-0.25, -0.2) is 8.42 Å². The number of rotatable bonds is 4. The fourth-order valence-corrected chi connectivity index (χ4v) is 3.43. The first kappa shape index (κ1) is 18.0. The molecule has 23 heavy (non-hydrogen) atoms. The predicted molar refractivity (Wildman–Crippen MR) is 89.3 cm³/mol. The summed E-state index contributed by atoms with van der Waals surface area (Å²) in [5.41, 5.74) is 0.991. The van der Waals surface area contributed by atoms with Crippen molar-refractivity contribution in [3.05, 3.63) is 28.8 Å². The van der Waals surface area contributed by atoms with Crippen molar-refractivity contribution in [3.63, 3.8) is 0 Å². The van der Waals surface area contributed by atoms with Gasteiger partial charge in [0, 0.05) is 26.2 Å². The van der Waals surface area contributed by atoms with Gasteiger partial charge in [0.1, 0.15) is 5.75 Å². The van der Waals surface area contributed by atoms with Gasteiger partial charge < -0.3 is 9.64 Å². The minimum absolute atomic E-state index is 0.171. The van der Waals surface area contributed by atoms with Gasteiger partial charge in [0.05, 0.1) is 11.3 Å². The Bertz CT molecular complexity index is 685. The molecule has 2 rings (SSSR count). The van der Waals surface area contributed by atoms with Crippen LogP contribution >= 0.6 is 11.6 Å². The maximum absolute atomic E-state index is 12.4. The molecular weight excluding hydrogens is 340 g/mol. The van der Waals surface area contributed by atoms with Crippen molar-refractivity contribution in [3.8, 4) is 5.75 Å². The quantitative estimate of drug-likeness (QED) is 0.816. The Morgan fingerprint density at radius 3 is 2.43 bits per heavy atom. The molecule has 1 atom stereocenters. The molecule has 8 heteroatoms. The fraction of sp³-hybridized carbons (Fsp3) is 0.533. The van der Waals surface area contributed by atoms with Crippen LogP contribution in [0.5, 0.6) is 5.75 Å². The number of carbonyl (C=O) groups excluding carboxylic acids is 1. The lowest BCUT2D eigenvalue weighted by Gasteiger charge is -2.34. The smallest absolute Gasteiger partial charge is 0.263 e. The predicted octanol–water partition coefficient (Wildman–Crippen LogP) is 1.52. The third-order valence-electron chi connectivity index (χ3n) is 3.76. The van der Waals surface area contributed by atoms with Crippen LogP contribution in [0.25, 0.3) is 0 Å². The number of ether oxygens (including phenoxy) is 1. The number of carbonyl (C=O) groups is 1. The summed E-state index contributed by atoms with van der Waals surface area (Å²) in [6.45, 7) is 4.93. The number of nitrogens with zero attached hydrogens (tertiary/aromatic N) is 2. The molecular formula is C15H21ClN2O4S. The molecule has 1 aliphatic rings. The van der Waals surface area contributed by atoms with Crippen LogP contribution in [0.2, 0.25) is 5.02 Å². The highest BCUT2D eigenvalue weighted by molar-refractivity contribution is 7.88. The van der Waals surface area contributed by atoms with E-state index in [4.69, 9.17) is 16.3 Å². The van der Waals surface area contributed by atoms with E-state index in [2.05, 4.69) is 0 Å². The van der Waals surface area contributed by atoms with E-state index in [1.807, 2.05) is 13.0 Å². The average molecular weight is 361 g/mol. The Labute approximate surface area is 142 Å². The van der Waals surface area contributed by atoms with E-state index in [1.165, 1.54) is 10.6 Å². The van der Waals surface area contributed by atoms with Crippen molar-refractivity contribution in [2.24, 2.45) is 0 Å². The summed E-state index contributed by atoms with van der Waals surface area (Å²) in [6, 6.07) is 5.38. The third-order valence-corrected chi connectivity index (χ3v) is 5.37. The molecule has 6 nitrogen and oxygen atoms in total. The van der Waals surface area contributed by atoms with E-state index in [0.29, 0.717) is 37.0 Å². The SMILES string of the molecule is Cc1ccc(Cl)c(O[C@@H](C)C(=O)N2CCN(S(C)(=O)=O)CC2)c1. The molecule has 1 fully saturated rings. The molecule has 128 valence electrons. The first-order valence-electron chi connectivity index (χ1n) is 7.35. The summed E-state index contributed by atoms with van der Waals surface area (Å²) in [5, 5.41) is 0.456. The minimum Gasteiger partial charge on any atom is -0.479 e. The highest BCUT2D eigenvalue weighted by atomic mass is 35.5. The van der Waals surface area contributed by atoms with E-state index >= 15 is 0 Å². The number of sulfonamides is 1. The second-order valence-corrected chi connectivity index (χ2v) is 8.07. The molecule has 1 aromatic rings. The van der Waals surface area contributed by atoms with Crippen molar-refractivity contribution in [2.75, 3.05) is 32.4 Å². The monoisotopic (exact) mass is 360 g/mol. The molecule has 0 bridgehead atoms. The van der Waals surface area contributed by atoms with Crippen molar-refractivity contribution in [1.82, 2.24) is 9.21 Å². The van der Waals surface area contributed by atoms with Gasteiger partial charge in [-0.2, -0.15) is 4.31 Å². The van der Waals surface area contributed by atoms with Crippen LogP contribution in [0.15, 0.2) is 18.2 Å². The number of piperazine rings is 1. The summed E-state index contributed by atoms with van der Waals surface area (Å²) >= 11 is 6.08. The number of hydrogen-bond acceptors (Lipinski definition) is 4. The van der Waals surface area contributed by atoms with E-state index in [1.54, 1.807) is 24.0 Å². The largest absolute Gasteiger partial charge is 0.479 e. The molecule has 1 saturated heterocycles. The number of benzene rings is 1. The molecule has 0 spiro atoms. The topological polar surface area (TPSA) is 66.9 Å². The zero-order valence-corrected chi connectivity index (χ0v) is 15.0. The summed E-state index contributed by atoms with van der Waals surface area (Å²) in [7, 11) is -3.21. The standard InChI is InChI=1S/C15H21ClN2O4S/c1-11-4-5-13(16)14(10-11)22-12(2)15(19)17-6-8-18(9-7-17)23(3,20)21/h4-5,10,12H,6-9H2,1-3H3/t12-/m0/s1. The molecule has 0 unspecified atom stereocenters. The van der Waals surface area contributed by atoms with Gasteiger partial charge in [0.25, 0.3) is 5.91 Å². The summed E-state index contributed by atoms with van der Waals surface area (Å²) in [6.07, 6.45) is 0.495. The summed E-state index contributed by atoms with van der Waals surface area (Å²) in [4.78, 5) is 14.1. The maximum atomic E-state index is 12.4. The lowest BCUT2D eigenvalue weighted by atomic mass is 10.2. The van der Waals surface area contributed by atoms with Gasteiger partial charge in [-0.1, -0.05) is 17.7 Å². The maximum Gasteiger partial charge on any atom is 0.263 e. The normalized spacial score (nSPS) is 17.8. The Kier molecular flexibility index (Phi) is 5.54. The van der Waals surface area contributed by atoms with Gasteiger partial charge in [-0.05, 0) is 31.5 Å². The molecule has 1 aliphatic heterocycles. The van der Waals surface area contributed by atoms with Crippen molar-refractivity contribution < 1.29 is 17.9 Å². The van der Waals surface area contributed by atoms with Crippen LogP contribution < -0.4 is 4.74 Å². The minimum atomic E-state index is -3.21.